The van der Waals surface area contributed by atoms with Gasteiger partial charge in [-0.05, 0) is 25.7 Å². The van der Waals surface area contributed by atoms with Crippen LogP contribution in [0.15, 0.2) is 0 Å². The van der Waals surface area contributed by atoms with Gasteiger partial charge in [0, 0.05) is 6.61 Å². The van der Waals surface area contributed by atoms with E-state index in [2.05, 4.69) is 24.1 Å². The van der Waals surface area contributed by atoms with Gasteiger partial charge < -0.3 is 9.64 Å². The molecule has 19 heavy (non-hydrogen) atoms. The Morgan fingerprint density at radius 2 is 2.16 bits per heavy atom. The third-order valence-electron chi connectivity index (χ3n) is 4.22. The van der Waals surface area contributed by atoms with Gasteiger partial charge in [0.25, 0.3) is 0 Å². The minimum absolute atomic E-state index is 0.0402. The van der Waals surface area contributed by atoms with E-state index in [1.54, 1.807) is 0 Å². The Kier molecular flexibility index (Phi) is 5.64. The van der Waals surface area contributed by atoms with Crippen LogP contribution in [0.25, 0.3) is 0 Å². The molecule has 4 heteroatoms. The summed E-state index contributed by atoms with van der Waals surface area (Å²) >= 11 is 0. The SMILES string of the molecule is CCCCC1NC(CCC)N(C2CCCOC2)C1=O. The largest absolute Gasteiger partial charge is 0.379 e. The van der Waals surface area contributed by atoms with Crippen molar-refractivity contribution in [2.45, 2.75) is 77.0 Å². The summed E-state index contributed by atoms with van der Waals surface area (Å²) in [4.78, 5) is 14.7. The van der Waals surface area contributed by atoms with Crippen LogP contribution in [0.4, 0.5) is 0 Å². The number of carbonyl (C=O) groups excluding carboxylic acids is 1. The Morgan fingerprint density at radius 3 is 2.79 bits per heavy atom. The van der Waals surface area contributed by atoms with Crippen molar-refractivity contribution in [1.82, 2.24) is 10.2 Å². The fourth-order valence-electron chi connectivity index (χ4n) is 3.21. The number of nitrogens with zero attached hydrogens (tertiary/aromatic N) is 1. The standard InChI is InChI=1S/C15H28N2O2/c1-3-5-9-13-15(18)17(14(16-13)7-4-2)12-8-6-10-19-11-12/h12-14,16H,3-11H2,1-2H3. The first-order valence-electron chi connectivity index (χ1n) is 7.93. The smallest absolute Gasteiger partial charge is 0.241 e. The van der Waals surface area contributed by atoms with Crippen LogP contribution in [-0.2, 0) is 9.53 Å². The Balaban J connectivity index is 2.01. The molecule has 2 aliphatic heterocycles. The molecule has 110 valence electrons. The third kappa shape index (κ3) is 3.48. The molecule has 0 aromatic heterocycles. The van der Waals surface area contributed by atoms with E-state index in [4.69, 9.17) is 4.74 Å². The van der Waals surface area contributed by atoms with Crippen molar-refractivity contribution in [1.29, 1.82) is 0 Å². The van der Waals surface area contributed by atoms with Crippen LogP contribution in [0.3, 0.4) is 0 Å². The normalized spacial score (nSPS) is 32.0. The number of nitrogens with one attached hydrogen (secondary N) is 1. The Bertz CT molecular complexity index is 290. The second kappa shape index (κ2) is 7.25. The van der Waals surface area contributed by atoms with Crippen molar-refractivity contribution in [2.75, 3.05) is 13.2 Å². The van der Waals surface area contributed by atoms with Crippen molar-refractivity contribution < 1.29 is 9.53 Å². The maximum Gasteiger partial charge on any atom is 0.241 e. The summed E-state index contributed by atoms with van der Waals surface area (Å²) in [7, 11) is 0. The molecule has 4 nitrogen and oxygen atoms in total. The van der Waals surface area contributed by atoms with E-state index in [1.165, 1.54) is 0 Å². The first-order chi connectivity index (χ1) is 9.27. The zero-order chi connectivity index (χ0) is 13.7. The highest BCUT2D eigenvalue weighted by Gasteiger charge is 2.41. The van der Waals surface area contributed by atoms with Gasteiger partial charge in [0.2, 0.25) is 5.91 Å². The predicted molar refractivity (Wildman–Crippen MR) is 75.8 cm³/mol. The molecule has 3 atom stereocenters. The lowest BCUT2D eigenvalue weighted by molar-refractivity contribution is -0.135. The molecule has 0 aliphatic carbocycles. The van der Waals surface area contributed by atoms with Gasteiger partial charge >= 0.3 is 0 Å². The number of amides is 1. The van der Waals surface area contributed by atoms with Crippen molar-refractivity contribution in [2.24, 2.45) is 0 Å². The zero-order valence-corrected chi connectivity index (χ0v) is 12.4. The second-order valence-electron chi connectivity index (χ2n) is 5.78. The van der Waals surface area contributed by atoms with E-state index in [0.29, 0.717) is 12.5 Å². The van der Waals surface area contributed by atoms with Gasteiger partial charge in [-0.1, -0.05) is 33.1 Å². The first-order valence-corrected chi connectivity index (χ1v) is 7.93. The minimum atomic E-state index is 0.0402. The van der Waals surface area contributed by atoms with E-state index in [-0.39, 0.29) is 18.2 Å². The highest BCUT2D eigenvalue weighted by Crippen LogP contribution is 2.25. The summed E-state index contributed by atoms with van der Waals surface area (Å²) in [5, 5.41) is 3.54. The predicted octanol–water partition coefficient (Wildman–Crippen LogP) is 2.28. The Labute approximate surface area is 116 Å². The molecule has 0 aromatic rings. The summed E-state index contributed by atoms with van der Waals surface area (Å²) in [5.41, 5.74) is 0. The van der Waals surface area contributed by atoms with Gasteiger partial charge in [0.05, 0.1) is 24.9 Å². The third-order valence-corrected chi connectivity index (χ3v) is 4.22. The molecule has 0 spiro atoms. The molecule has 2 heterocycles. The number of hydrogen-bond donors (Lipinski definition) is 1. The number of hydrogen-bond acceptors (Lipinski definition) is 3. The Hall–Kier alpha value is -0.610. The Morgan fingerprint density at radius 1 is 1.32 bits per heavy atom. The van der Waals surface area contributed by atoms with Gasteiger partial charge in [0.1, 0.15) is 0 Å². The van der Waals surface area contributed by atoms with Crippen LogP contribution >= 0.6 is 0 Å². The summed E-state index contributed by atoms with van der Waals surface area (Å²) in [6.07, 6.45) is 7.79. The summed E-state index contributed by atoms with van der Waals surface area (Å²) in [6, 6.07) is 0.329. The molecule has 0 saturated carbocycles. The number of unbranched alkanes of at least 4 members (excludes halogenated alkanes) is 1. The van der Waals surface area contributed by atoms with Gasteiger partial charge in [0.15, 0.2) is 0 Å². The lowest BCUT2D eigenvalue weighted by Gasteiger charge is -2.35. The molecule has 0 aromatic carbocycles. The second-order valence-corrected chi connectivity index (χ2v) is 5.78. The van der Waals surface area contributed by atoms with Gasteiger partial charge in [-0.25, -0.2) is 0 Å². The van der Waals surface area contributed by atoms with Crippen LogP contribution in [0.2, 0.25) is 0 Å². The molecular formula is C15H28N2O2. The zero-order valence-electron chi connectivity index (χ0n) is 12.4. The quantitative estimate of drug-likeness (QED) is 0.803. The van der Waals surface area contributed by atoms with Crippen LogP contribution in [0, 0.1) is 0 Å². The molecule has 3 unspecified atom stereocenters. The molecule has 2 saturated heterocycles. The molecule has 2 rings (SSSR count). The monoisotopic (exact) mass is 268 g/mol. The lowest BCUT2D eigenvalue weighted by atomic mass is 10.1. The first kappa shape index (κ1) is 14.8. The van der Waals surface area contributed by atoms with E-state index in [0.717, 1.165) is 51.6 Å². The molecule has 2 aliphatic rings. The van der Waals surface area contributed by atoms with Crippen molar-refractivity contribution in [3.8, 4) is 0 Å². The summed E-state index contributed by atoms with van der Waals surface area (Å²) < 4.78 is 5.56. The van der Waals surface area contributed by atoms with Gasteiger partial charge in [-0.15, -0.1) is 0 Å². The molecule has 2 fully saturated rings. The maximum absolute atomic E-state index is 12.6. The molecule has 0 bridgehead atoms. The highest BCUT2D eigenvalue weighted by molar-refractivity contribution is 5.84. The van der Waals surface area contributed by atoms with Crippen LogP contribution in [-0.4, -0.2) is 42.3 Å². The van der Waals surface area contributed by atoms with Gasteiger partial charge in [-0.2, -0.15) is 0 Å². The summed E-state index contributed by atoms with van der Waals surface area (Å²) in [6.45, 7) is 5.93. The molecule has 1 amide bonds. The van der Waals surface area contributed by atoms with Crippen molar-refractivity contribution in [3.63, 3.8) is 0 Å². The van der Waals surface area contributed by atoms with Crippen LogP contribution < -0.4 is 5.32 Å². The maximum atomic E-state index is 12.6. The average Bonchev–Trinajstić information content (AvgIpc) is 2.74. The number of carbonyl (C=O) groups is 1. The number of rotatable bonds is 6. The van der Waals surface area contributed by atoms with Crippen molar-refractivity contribution >= 4 is 5.91 Å². The number of ether oxygens (including phenoxy) is 1. The fourth-order valence-corrected chi connectivity index (χ4v) is 3.21. The van der Waals surface area contributed by atoms with Crippen LogP contribution in [0.5, 0.6) is 0 Å². The van der Waals surface area contributed by atoms with E-state index >= 15 is 0 Å². The van der Waals surface area contributed by atoms with E-state index in [9.17, 15) is 4.79 Å². The highest BCUT2D eigenvalue weighted by atomic mass is 16.5. The van der Waals surface area contributed by atoms with E-state index < -0.39 is 0 Å². The fraction of sp³-hybridized carbons (Fsp3) is 0.933. The minimum Gasteiger partial charge on any atom is -0.379 e. The van der Waals surface area contributed by atoms with Crippen molar-refractivity contribution in [3.05, 3.63) is 0 Å². The topological polar surface area (TPSA) is 41.6 Å². The molecular weight excluding hydrogens is 240 g/mol. The lowest BCUT2D eigenvalue weighted by Crippen LogP contribution is -2.48. The summed E-state index contributed by atoms with van der Waals surface area (Å²) in [5.74, 6) is 0.308. The van der Waals surface area contributed by atoms with E-state index in [1.807, 2.05) is 0 Å². The van der Waals surface area contributed by atoms with Gasteiger partial charge in [-0.3, -0.25) is 10.1 Å². The average molecular weight is 268 g/mol. The molecule has 0 radical (unpaired) electrons. The van der Waals surface area contributed by atoms with Crippen LogP contribution in [0.1, 0.15) is 58.8 Å². The molecule has 1 N–H and O–H groups in total.